The maximum absolute atomic E-state index is 12.1. The van der Waals surface area contributed by atoms with Crippen molar-refractivity contribution in [1.82, 2.24) is 20.2 Å². The van der Waals surface area contributed by atoms with E-state index in [0.717, 1.165) is 0 Å². The molecule has 0 saturated carbocycles. The quantitative estimate of drug-likeness (QED) is 0.622. The van der Waals surface area contributed by atoms with E-state index in [1.54, 1.807) is 6.92 Å². The van der Waals surface area contributed by atoms with Gasteiger partial charge in [0.05, 0.1) is 11.9 Å². The molecule has 21 heavy (non-hydrogen) atoms. The highest BCUT2D eigenvalue weighted by atomic mass is 16.4. The van der Waals surface area contributed by atoms with Gasteiger partial charge in [0, 0.05) is 31.4 Å². The third-order valence-corrected chi connectivity index (χ3v) is 3.70. The average molecular weight is 296 g/mol. The first-order valence-corrected chi connectivity index (χ1v) is 6.85. The fourth-order valence-corrected chi connectivity index (χ4v) is 2.25. The van der Waals surface area contributed by atoms with Gasteiger partial charge in [-0.25, -0.2) is 14.6 Å². The van der Waals surface area contributed by atoms with Crippen LogP contribution in [0.3, 0.4) is 0 Å². The van der Waals surface area contributed by atoms with Crippen LogP contribution in [0.25, 0.3) is 0 Å². The van der Waals surface area contributed by atoms with Crippen LogP contribution in [0.4, 0.5) is 4.79 Å². The molecule has 1 unspecified atom stereocenters. The number of H-pyrrole nitrogens is 1. The van der Waals surface area contributed by atoms with Crippen molar-refractivity contribution in [3.63, 3.8) is 0 Å². The topological polar surface area (TPSA) is 119 Å². The van der Waals surface area contributed by atoms with Crippen molar-refractivity contribution in [3.05, 3.63) is 18.2 Å². The largest absolute Gasteiger partial charge is 0.480 e. The molecule has 1 aliphatic rings. The van der Waals surface area contributed by atoms with E-state index >= 15 is 0 Å². The van der Waals surface area contributed by atoms with Crippen LogP contribution in [0.1, 0.15) is 25.5 Å². The molecule has 0 aromatic carbocycles. The van der Waals surface area contributed by atoms with Crippen molar-refractivity contribution in [1.29, 1.82) is 0 Å². The molecular formula is C13H20N4O4. The number of aliphatic carboxylic acids is 1. The second-order valence-corrected chi connectivity index (χ2v) is 5.61. The van der Waals surface area contributed by atoms with Crippen LogP contribution < -0.4 is 5.32 Å². The van der Waals surface area contributed by atoms with Crippen LogP contribution in [0, 0.1) is 0 Å². The van der Waals surface area contributed by atoms with Crippen molar-refractivity contribution in [3.8, 4) is 0 Å². The number of aromatic nitrogens is 2. The molecule has 1 aromatic heterocycles. The minimum atomic E-state index is -1.10. The summed E-state index contributed by atoms with van der Waals surface area (Å²) in [5.41, 5.74) is -0.108. The number of imidazole rings is 1. The predicted molar refractivity (Wildman–Crippen MR) is 73.7 cm³/mol. The molecule has 0 radical (unpaired) electrons. The van der Waals surface area contributed by atoms with E-state index < -0.39 is 23.6 Å². The molecule has 1 fully saturated rings. The number of hydrogen-bond donors (Lipinski definition) is 4. The van der Waals surface area contributed by atoms with Crippen molar-refractivity contribution in [2.45, 2.75) is 37.8 Å². The van der Waals surface area contributed by atoms with E-state index in [0.29, 0.717) is 31.6 Å². The summed E-state index contributed by atoms with van der Waals surface area (Å²) in [6.07, 6.45) is 4.10. The zero-order valence-corrected chi connectivity index (χ0v) is 11.9. The first-order valence-electron chi connectivity index (χ1n) is 6.85. The molecule has 1 aliphatic heterocycles. The molecule has 4 N–H and O–H groups in total. The number of aliphatic hydroxyl groups is 1. The standard InChI is InChI=1S/C13H20N4O4/c1-13(21)2-4-17(5-3-13)12(20)16-10(11(18)19)6-9-7-14-8-15-9/h7-8,10,21H,2-6H2,1H3,(H,14,15)(H,16,20)(H,18,19). The zero-order valence-electron chi connectivity index (χ0n) is 11.9. The second kappa shape index (κ2) is 6.13. The molecule has 2 heterocycles. The lowest BCUT2D eigenvalue weighted by molar-refractivity contribution is -0.139. The average Bonchev–Trinajstić information content (AvgIpc) is 2.90. The van der Waals surface area contributed by atoms with E-state index in [2.05, 4.69) is 15.3 Å². The van der Waals surface area contributed by atoms with Crippen molar-refractivity contribution in [2.24, 2.45) is 0 Å². The molecule has 8 nitrogen and oxygen atoms in total. The van der Waals surface area contributed by atoms with Crippen LogP contribution in [0.15, 0.2) is 12.5 Å². The fraction of sp³-hybridized carbons (Fsp3) is 0.615. The molecule has 8 heteroatoms. The molecular weight excluding hydrogens is 276 g/mol. The number of likely N-dealkylation sites (tertiary alicyclic amines) is 1. The Labute approximate surface area is 122 Å². The molecule has 0 aliphatic carbocycles. The van der Waals surface area contributed by atoms with Gasteiger partial charge in [-0.15, -0.1) is 0 Å². The smallest absolute Gasteiger partial charge is 0.326 e. The molecule has 1 aromatic rings. The number of rotatable bonds is 4. The van der Waals surface area contributed by atoms with Gasteiger partial charge in [0.25, 0.3) is 0 Å². The summed E-state index contributed by atoms with van der Waals surface area (Å²) in [5, 5.41) is 21.6. The maximum atomic E-state index is 12.1. The number of aromatic amines is 1. The van der Waals surface area contributed by atoms with Crippen molar-refractivity contribution < 1.29 is 19.8 Å². The Morgan fingerprint density at radius 1 is 1.52 bits per heavy atom. The highest BCUT2D eigenvalue weighted by Crippen LogP contribution is 2.21. The number of carboxylic acid groups (broad SMARTS) is 1. The molecule has 1 atom stereocenters. The number of carbonyl (C=O) groups excluding carboxylic acids is 1. The first-order chi connectivity index (χ1) is 9.87. The highest BCUT2D eigenvalue weighted by Gasteiger charge is 2.31. The number of carbonyl (C=O) groups is 2. The number of nitrogens with zero attached hydrogens (tertiary/aromatic N) is 2. The van der Waals surface area contributed by atoms with Crippen molar-refractivity contribution >= 4 is 12.0 Å². The highest BCUT2D eigenvalue weighted by molar-refractivity contribution is 5.82. The lowest BCUT2D eigenvalue weighted by atomic mass is 9.94. The Balaban J connectivity index is 1.91. The predicted octanol–water partition coefficient (Wildman–Crippen LogP) is -0.0382. The summed E-state index contributed by atoms with van der Waals surface area (Å²) in [4.78, 5) is 31.5. The minimum Gasteiger partial charge on any atom is -0.480 e. The molecule has 2 rings (SSSR count). The van der Waals surface area contributed by atoms with Crippen molar-refractivity contribution in [2.75, 3.05) is 13.1 Å². The van der Waals surface area contributed by atoms with Gasteiger partial charge >= 0.3 is 12.0 Å². The van der Waals surface area contributed by atoms with Gasteiger partial charge in [-0.1, -0.05) is 0 Å². The monoisotopic (exact) mass is 296 g/mol. The number of piperidine rings is 1. The summed E-state index contributed by atoms with van der Waals surface area (Å²) < 4.78 is 0. The normalized spacial score (nSPS) is 19.0. The first kappa shape index (κ1) is 15.3. The molecule has 1 saturated heterocycles. The number of hydrogen-bond acceptors (Lipinski definition) is 4. The number of nitrogens with one attached hydrogen (secondary N) is 2. The Bertz CT molecular complexity index is 490. The summed E-state index contributed by atoms with van der Waals surface area (Å²) in [5.74, 6) is -1.10. The Morgan fingerprint density at radius 3 is 2.71 bits per heavy atom. The maximum Gasteiger partial charge on any atom is 0.326 e. The third kappa shape index (κ3) is 4.19. The van der Waals surface area contributed by atoms with E-state index in [1.165, 1.54) is 17.4 Å². The van der Waals surface area contributed by atoms with Gasteiger partial charge < -0.3 is 25.4 Å². The number of urea groups is 1. The fourth-order valence-electron chi connectivity index (χ4n) is 2.25. The van der Waals surface area contributed by atoms with E-state index in [-0.39, 0.29) is 6.42 Å². The number of carboxylic acids is 1. The van der Waals surface area contributed by atoms with E-state index in [4.69, 9.17) is 0 Å². The minimum absolute atomic E-state index is 0.145. The van der Waals surface area contributed by atoms with Crippen LogP contribution in [-0.4, -0.2) is 61.8 Å². The summed E-state index contributed by atoms with van der Waals surface area (Å²) >= 11 is 0. The molecule has 116 valence electrons. The summed E-state index contributed by atoms with van der Waals surface area (Å²) in [6, 6.07) is -1.43. The van der Waals surface area contributed by atoms with Crippen LogP contribution >= 0.6 is 0 Å². The Hall–Kier alpha value is -2.09. The second-order valence-electron chi connectivity index (χ2n) is 5.61. The van der Waals surface area contributed by atoms with E-state index in [9.17, 15) is 19.8 Å². The number of amides is 2. The van der Waals surface area contributed by atoms with Gasteiger partial charge in [0.2, 0.25) is 0 Å². The van der Waals surface area contributed by atoms with Crippen LogP contribution in [0.2, 0.25) is 0 Å². The van der Waals surface area contributed by atoms with Gasteiger partial charge in [-0.3, -0.25) is 0 Å². The summed E-state index contributed by atoms with van der Waals surface area (Å²) in [6.45, 7) is 2.56. The van der Waals surface area contributed by atoms with Gasteiger partial charge in [-0.05, 0) is 19.8 Å². The van der Waals surface area contributed by atoms with Crippen LogP contribution in [0.5, 0.6) is 0 Å². The lowest BCUT2D eigenvalue weighted by Gasteiger charge is -2.36. The summed E-state index contributed by atoms with van der Waals surface area (Å²) in [7, 11) is 0. The zero-order chi connectivity index (χ0) is 15.5. The molecule has 0 spiro atoms. The van der Waals surface area contributed by atoms with Crippen LogP contribution in [-0.2, 0) is 11.2 Å². The van der Waals surface area contributed by atoms with Gasteiger partial charge in [0.1, 0.15) is 6.04 Å². The van der Waals surface area contributed by atoms with Gasteiger partial charge in [0.15, 0.2) is 0 Å². The lowest BCUT2D eigenvalue weighted by Crippen LogP contribution is -2.53. The third-order valence-electron chi connectivity index (χ3n) is 3.70. The van der Waals surface area contributed by atoms with Gasteiger partial charge in [-0.2, -0.15) is 0 Å². The molecule has 0 bridgehead atoms. The molecule has 2 amide bonds. The SMILES string of the molecule is CC1(O)CCN(C(=O)NC(Cc2cnc[nH]2)C(=O)O)CC1. The Morgan fingerprint density at radius 2 is 2.19 bits per heavy atom. The van der Waals surface area contributed by atoms with E-state index in [1.807, 2.05) is 0 Å². The Kier molecular flexibility index (Phi) is 4.46.